The highest BCUT2D eigenvalue weighted by Crippen LogP contribution is 2.33. The molecule has 0 bridgehead atoms. The van der Waals surface area contributed by atoms with Crippen molar-refractivity contribution >= 4 is 16.8 Å². The SMILES string of the molecule is CCC(=O)N1CCC(Oc2ccc(-c3cnc4cc(OC)c(OC)cc4c3)cc2)CC1. The molecule has 1 aliphatic rings. The van der Waals surface area contributed by atoms with E-state index < -0.39 is 0 Å². The van der Waals surface area contributed by atoms with Crippen LogP contribution in [-0.4, -0.2) is 49.2 Å². The van der Waals surface area contributed by atoms with Gasteiger partial charge in [-0.2, -0.15) is 0 Å². The average Bonchev–Trinajstić information content (AvgIpc) is 2.83. The van der Waals surface area contributed by atoms with E-state index in [1.54, 1.807) is 14.2 Å². The Labute approximate surface area is 182 Å². The van der Waals surface area contributed by atoms with Gasteiger partial charge in [-0.1, -0.05) is 19.1 Å². The zero-order valence-electron chi connectivity index (χ0n) is 18.3. The number of carbonyl (C=O) groups excluding carboxylic acids is 1. The van der Waals surface area contributed by atoms with E-state index in [1.807, 2.05) is 42.3 Å². The summed E-state index contributed by atoms with van der Waals surface area (Å²) in [5, 5.41) is 0.990. The third kappa shape index (κ3) is 4.58. The van der Waals surface area contributed by atoms with Crippen LogP contribution in [0.25, 0.3) is 22.0 Å². The Morgan fingerprint density at radius 3 is 2.32 bits per heavy atom. The number of benzene rings is 2. The predicted octanol–water partition coefficient (Wildman–Crippen LogP) is 4.70. The van der Waals surface area contributed by atoms with E-state index >= 15 is 0 Å². The monoisotopic (exact) mass is 420 g/mol. The van der Waals surface area contributed by atoms with Crippen molar-refractivity contribution in [1.82, 2.24) is 9.88 Å². The first-order valence-electron chi connectivity index (χ1n) is 10.7. The van der Waals surface area contributed by atoms with Crippen molar-refractivity contribution < 1.29 is 19.0 Å². The minimum Gasteiger partial charge on any atom is -0.493 e. The molecule has 2 heterocycles. The molecule has 1 amide bonds. The topological polar surface area (TPSA) is 60.9 Å². The summed E-state index contributed by atoms with van der Waals surface area (Å²) in [6, 6.07) is 14.0. The van der Waals surface area contributed by atoms with Gasteiger partial charge in [0, 0.05) is 55.6 Å². The van der Waals surface area contributed by atoms with E-state index in [9.17, 15) is 4.79 Å². The van der Waals surface area contributed by atoms with Crippen LogP contribution in [0.3, 0.4) is 0 Å². The molecule has 6 nitrogen and oxygen atoms in total. The van der Waals surface area contributed by atoms with Gasteiger partial charge in [-0.25, -0.2) is 0 Å². The van der Waals surface area contributed by atoms with Crippen molar-refractivity contribution in [3.63, 3.8) is 0 Å². The molecule has 0 N–H and O–H groups in total. The molecule has 162 valence electrons. The maximum Gasteiger partial charge on any atom is 0.222 e. The second-order valence-corrected chi connectivity index (χ2v) is 7.70. The van der Waals surface area contributed by atoms with Gasteiger partial charge in [0.05, 0.1) is 19.7 Å². The van der Waals surface area contributed by atoms with Gasteiger partial charge in [-0.3, -0.25) is 9.78 Å². The van der Waals surface area contributed by atoms with E-state index in [-0.39, 0.29) is 12.0 Å². The summed E-state index contributed by atoms with van der Waals surface area (Å²) in [5.41, 5.74) is 2.95. The second-order valence-electron chi connectivity index (χ2n) is 7.70. The van der Waals surface area contributed by atoms with Gasteiger partial charge >= 0.3 is 0 Å². The van der Waals surface area contributed by atoms with Crippen molar-refractivity contribution in [2.24, 2.45) is 0 Å². The third-order valence-corrected chi connectivity index (χ3v) is 5.77. The number of likely N-dealkylation sites (tertiary alicyclic amines) is 1. The van der Waals surface area contributed by atoms with Crippen LogP contribution in [0.4, 0.5) is 0 Å². The summed E-state index contributed by atoms with van der Waals surface area (Å²) in [6.07, 6.45) is 4.32. The molecule has 0 spiro atoms. The Morgan fingerprint density at radius 1 is 1.00 bits per heavy atom. The Morgan fingerprint density at radius 2 is 1.68 bits per heavy atom. The number of pyridine rings is 1. The van der Waals surface area contributed by atoms with Crippen LogP contribution >= 0.6 is 0 Å². The molecule has 0 radical (unpaired) electrons. The van der Waals surface area contributed by atoms with E-state index in [1.165, 1.54) is 0 Å². The van der Waals surface area contributed by atoms with Gasteiger partial charge < -0.3 is 19.1 Å². The van der Waals surface area contributed by atoms with Crippen molar-refractivity contribution in [1.29, 1.82) is 0 Å². The number of ether oxygens (including phenoxy) is 3. The van der Waals surface area contributed by atoms with Gasteiger partial charge in [0.1, 0.15) is 11.9 Å². The maximum absolute atomic E-state index is 11.8. The summed E-state index contributed by atoms with van der Waals surface area (Å²) in [4.78, 5) is 18.3. The number of hydrogen-bond donors (Lipinski definition) is 0. The fourth-order valence-corrected chi connectivity index (χ4v) is 3.98. The average molecular weight is 421 g/mol. The third-order valence-electron chi connectivity index (χ3n) is 5.77. The first-order chi connectivity index (χ1) is 15.1. The lowest BCUT2D eigenvalue weighted by molar-refractivity contribution is -0.132. The van der Waals surface area contributed by atoms with Crippen LogP contribution in [-0.2, 0) is 4.79 Å². The molecule has 0 atom stereocenters. The fraction of sp³-hybridized carbons (Fsp3) is 0.360. The van der Waals surface area contributed by atoms with Crippen LogP contribution in [0.5, 0.6) is 17.2 Å². The van der Waals surface area contributed by atoms with Gasteiger partial charge in [0.25, 0.3) is 0 Å². The molecule has 2 aromatic carbocycles. The summed E-state index contributed by atoms with van der Waals surface area (Å²) in [6.45, 7) is 3.45. The van der Waals surface area contributed by atoms with E-state index in [2.05, 4.69) is 23.2 Å². The van der Waals surface area contributed by atoms with Crippen molar-refractivity contribution in [2.75, 3.05) is 27.3 Å². The number of fused-ring (bicyclic) bond motifs is 1. The minimum absolute atomic E-state index is 0.150. The van der Waals surface area contributed by atoms with Crippen LogP contribution in [0, 0.1) is 0 Å². The molecular weight excluding hydrogens is 392 g/mol. The van der Waals surface area contributed by atoms with Crippen LogP contribution in [0.15, 0.2) is 48.7 Å². The normalized spacial score (nSPS) is 14.5. The number of hydrogen-bond acceptors (Lipinski definition) is 5. The molecule has 6 heteroatoms. The lowest BCUT2D eigenvalue weighted by Gasteiger charge is -2.32. The summed E-state index contributed by atoms with van der Waals surface area (Å²) in [5.74, 6) is 2.43. The van der Waals surface area contributed by atoms with Crippen molar-refractivity contribution in [3.05, 3.63) is 48.7 Å². The summed E-state index contributed by atoms with van der Waals surface area (Å²) < 4.78 is 16.9. The smallest absolute Gasteiger partial charge is 0.222 e. The van der Waals surface area contributed by atoms with E-state index in [0.29, 0.717) is 17.9 Å². The first-order valence-corrected chi connectivity index (χ1v) is 10.7. The molecule has 0 saturated carbocycles. The predicted molar refractivity (Wildman–Crippen MR) is 121 cm³/mol. The highest BCUT2D eigenvalue weighted by molar-refractivity contribution is 5.86. The second kappa shape index (κ2) is 9.25. The molecule has 0 unspecified atom stereocenters. The Kier molecular flexibility index (Phi) is 6.26. The molecule has 3 aromatic rings. The number of nitrogens with zero attached hydrogens (tertiary/aromatic N) is 2. The fourth-order valence-electron chi connectivity index (χ4n) is 3.98. The van der Waals surface area contributed by atoms with Gasteiger partial charge in [0.15, 0.2) is 11.5 Å². The first kappa shape index (κ1) is 21.0. The van der Waals surface area contributed by atoms with Crippen LogP contribution in [0.1, 0.15) is 26.2 Å². The molecular formula is C25H28N2O4. The molecule has 0 aliphatic carbocycles. The van der Waals surface area contributed by atoms with E-state index in [0.717, 1.165) is 53.7 Å². The number of rotatable bonds is 6. The standard InChI is InChI=1S/C25H28N2O4/c1-4-25(28)27-11-9-21(10-12-27)31-20-7-5-17(6-8-20)19-13-18-14-23(29-2)24(30-3)15-22(18)26-16-19/h5-8,13-16,21H,4,9-12H2,1-3H3. The van der Waals surface area contributed by atoms with Crippen LogP contribution < -0.4 is 14.2 Å². The van der Waals surface area contributed by atoms with Crippen LogP contribution in [0.2, 0.25) is 0 Å². The molecule has 31 heavy (non-hydrogen) atoms. The lowest BCUT2D eigenvalue weighted by Crippen LogP contribution is -2.41. The van der Waals surface area contributed by atoms with E-state index in [4.69, 9.17) is 14.2 Å². The van der Waals surface area contributed by atoms with Gasteiger partial charge in [0.2, 0.25) is 5.91 Å². The zero-order chi connectivity index (χ0) is 21.8. The minimum atomic E-state index is 0.150. The number of piperidine rings is 1. The van der Waals surface area contributed by atoms with Crippen molar-refractivity contribution in [2.45, 2.75) is 32.3 Å². The lowest BCUT2D eigenvalue weighted by atomic mass is 10.0. The number of carbonyl (C=O) groups is 1. The Balaban J connectivity index is 1.45. The number of amides is 1. The quantitative estimate of drug-likeness (QED) is 0.579. The molecule has 1 fully saturated rings. The van der Waals surface area contributed by atoms with Gasteiger partial charge in [-0.15, -0.1) is 0 Å². The number of aromatic nitrogens is 1. The molecule has 4 rings (SSSR count). The molecule has 1 saturated heterocycles. The zero-order valence-corrected chi connectivity index (χ0v) is 18.3. The summed E-state index contributed by atoms with van der Waals surface area (Å²) in [7, 11) is 3.25. The highest BCUT2D eigenvalue weighted by atomic mass is 16.5. The maximum atomic E-state index is 11.8. The summed E-state index contributed by atoms with van der Waals surface area (Å²) >= 11 is 0. The van der Waals surface area contributed by atoms with Gasteiger partial charge in [-0.05, 0) is 29.8 Å². The molecule has 1 aliphatic heterocycles. The van der Waals surface area contributed by atoms with Crippen molar-refractivity contribution in [3.8, 4) is 28.4 Å². The Hall–Kier alpha value is -3.28. The Bertz CT molecular complexity index is 1060. The molecule has 1 aromatic heterocycles. The number of methoxy groups -OCH3 is 2. The largest absolute Gasteiger partial charge is 0.493 e. The highest BCUT2D eigenvalue weighted by Gasteiger charge is 2.23.